The molecule has 2 amide bonds. The molecule has 0 aliphatic heterocycles. The van der Waals surface area contributed by atoms with Gasteiger partial charge in [0.1, 0.15) is 17.5 Å². The Morgan fingerprint density at radius 2 is 1.73 bits per heavy atom. The van der Waals surface area contributed by atoms with Gasteiger partial charge in [0.15, 0.2) is 0 Å². The molecule has 0 fully saturated rings. The van der Waals surface area contributed by atoms with Gasteiger partial charge in [0.2, 0.25) is 5.91 Å². The van der Waals surface area contributed by atoms with Crippen molar-refractivity contribution in [1.29, 1.82) is 0 Å². The molecule has 3 rings (SSSR count). The third kappa shape index (κ3) is 6.19. The van der Waals surface area contributed by atoms with Crippen LogP contribution in [0.3, 0.4) is 0 Å². The number of hydrogen-bond acceptors (Lipinski definition) is 3. The van der Waals surface area contributed by atoms with E-state index in [2.05, 4.69) is 10.3 Å². The number of rotatable bonds is 8. The lowest BCUT2D eigenvalue weighted by molar-refractivity contribution is -0.122. The normalized spacial score (nSPS) is 11.9. The van der Waals surface area contributed by atoms with Gasteiger partial charge in [-0.1, -0.05) is 26.0 Å². The third-order valence-electron chi connectivity index (χ3n) is 5.00. The Morgan fingerprint density at radius 3 is 2.36 bits per heavy atom. The number of carbonyl (C=O) groups is 2. The van der Waals surface area contributed by atoms with Crippen molar-refractivity contribution in [2.24, 2.45) is 11.7 Å². The summed E-state index contributed by atoms with van der Waals surface area (Å²) in [7, 11) is 0. The van der Waals surface area contributed by atoms with Gasteiger partial charge in [0.25, 0.3) is 5.91 Å². The highest BCUT2D eigenvalue weighted by Crippen LogP contribution is 2.30. The van der Waals surface area contributed by atoms with Crippen molar-refractivity contribution in [2.45, 2.75) is 32.7 Å². The molecular formula is C25H24F3N3O2. The molecule has 0 saturated heterocycles. The van der Waals surface area contributed by atoms with Crippen molar-refractivity contribution < 1.29 is 22.8 Å². The Morgan fingerprint density at radius 1 is 1.03 bits per heavy atom. The molecule has 3 N–H and O–H groups in total. The van der Waals surface area contributed by atoms with E-state index in [1.54, 1.807) is 12.1 Å². The first-order valence-corrected chi connectivity index (χ1v) is 10.4. The number of amides is 2. The standard InChI is InChI=1S/C25H24F3N3O2/c1-14(2)8-23(32)31-22(11-15-9-17(26)13-18(27)10-15)24-19(4-3-7-30-24)16-5-6-21(28)20(12-16)25(29)33/h3-7,9-10,12-14,22H,8,11H2,1-2H3,(H2,29,33)(H,31,32). The summed E-state index contributed by atoms with van der Waals surface area (Å²) in [5.41, 5.74) is 6.71. The first-order chi connectivity index (χ1) is 15.6. The van der Waals surface area contributed by atoms with Gasteiger partial charge in [0, 0.05) is 24.2 Å². The molecule has 0 aliphatic rings. The lowest BCUT2D eigenvalue weighted by atomic mass is 9.94. The van der Waals surface area contributed by atoms with E-state index in [0.29, 0.717) is 22.4 Å². The molecule has 5 nitrogen and oxygen atoms in total. The van der Waals surface area contributed by atoms with Gasteiger partial charge in [-0.15, -0.1) is 0 Å². The minimum absolute atomic E-state index is 0.0619. The van der Waals surface area contributed by atoms with Gasteiger partial charge < -0.3 is 11.1 Å². The molecule has 0 spiro atoms. The predicted molar refractivity (Wildman–Crippen MR) is 119 cm³/mol. The first kappa shape index (κ1) is 24.0. The summed E-state index contributed by atoms with van der Waals surface area (Å²) in [5, 5.41) is 2.90. The maximum absolute atomic E-state index is 14.0. The van der Waals surface area contributed by atoms with E-state index < -0.39 is 29.4 Å². The van der Waals surface area contributed by atoms with Gasteiger partial charge in [-0.3, -0.25) is 14.6 Å². The molecule has 0 aliphatic carbocycles. The van der Waals surface area contributed by atoms with Crippen molar-refractivity contribution in [3.63, 3.8) is 0 Å². The van der Waals surface area contributed by atoms with Crippen LogP contribution in [0.25, 0.3) is 11.1 Å². The van der Waals surface area contributed by atoms with Gasteiger partial charge in [-0.05, 0) is 53.8 Å². The lowest BCUT2D eigenvalue weighted by Crippen LogP contribution is -2.31. The molecule has 3 aromatic rings. The number of halogens is 3. The Kier molecular flexibility index (Phi) is 7.48. The number of nitrogens with zero attached hydrogens (tertiary/aromatic N) is 1. The lowest BCUT2D eigenvalue weighted by Gasteiger charge is -2.22. The van der Waals surface area contributed by atoms with Crippen molar-refractivity contribution in [3.8, 4) is 11.1 Å². The molecule has 0 saturated carbocycles. The average Bonchev–Trinajstić information content (AvgIpc) is 2.72. The second-order valence-corrected chi connectivity index (χ2v) is 8.19. The summed E-state index contributed by atoms with van der Waals surface area (Å²) >= 11 is 0. The van der Waals surface area contributed by atoms with Crippen LogP contribution in [-0.2, 0) is 11.2 Å². The molecule has 1 unspecified atom stereocenters. The van der Waals surface area contributed by atoms with Gasteiger partial charge >= 0.3 is 0 Å². The van der Waals surface area contributed by atoms with E-state index in [-0.39, 0.29) is 30.2 Å². The Hall–Kier alpha value is -3.68. The highest BCUT2D eigenvalue weighted by molar-refractivity contribution is 5.94. The molecule has 1 aromatic heterocycles. The summed E-state index contributed by atoms with van der Waals surface area (Å²) in [4.78, 5) is 28.6. The zero-order valence-electron chi connectivity index (χ0n) is 18.2. The minimum Gasteiger partial charge on any atom is -0.366 e. The summed E-state index contributed by atoms with van der Waals surface area (Å²) in [6.45, 7) is 3.79. The van der Waals surface area contributed by atoms with Crippen molar-refractivity contribution >= 4 is 11.8 Å². The van der Waals surface area contributed by atoms with Crippen LogP contribution in [0.1, 0.15) is 47.9 Å². The number of aromatic nitrogens is 1. The van der Waals surface area contributed by atoms with Crippen LogP contribution in [-0.4, -0.2) is 16.8 Å². The van der Waals surface area contributed by atoms with Crippen LogP contribution in [0.2, 0.25) is 0 Å². The Balaban J connectivity index is 2.08. The van der Waals surface area contributed by atoms with Gasteiger partial charge in [0.05, 0.1) is 17.3 Å². The Labute approximate surface area is 189 Å². The molecule has 0 bridgehead atoms. The maximum atomic E-state index is 14.0. The number of benzene rings is 2. The van der Waals surface area contributed by atoms with E-state index in [1.165, 1.54) is 30.5 Å². The molecule has 33 heavy (non-hydrogen) atoms. The topological polar surface area (TPSA) is 85.1 Å². The Bertz CT molecular complexity index is 1160. The van der Waals surface area contributed by atoms with Crippen molar-refractivity contribution in [3.05, 3.63) is 89.0 Å². The monoisotopic (exact) mass is 455 g/mol. The highest BCUT2D eigenvalue weighted by Gasteiger charge is 2.22. The number of carbonyl (C=O) groups excluding carboxylic acids is 2. The van der Waals surface area contributed by atoms with Crippen LogP contribution in [0.4, 0.5) is 13.2 Å². The summed E-state index contributed by atoms with van der Waals surface area (Å²) < 4.78 is 41.6. The van der Waals surface area contributed by atoms with E-state index in [1.807, 2.05) is 13.8 Å². The third-order valence-corrected chi connectivity index (χ3v) is 5.00. The molecule has 1 atom stereocenters. The largest absolute Gasteiger partial charge is 0.366 e. The second-order valence-electron chi connectivity index (χ2n) is 8.19. The summed E-state index contributed by atoms with van der Waals surface area (Å²) in [6.07, 6.45) is 1.83. The fourth-order valence-corrected chi connectivity index (χ4v) is 3.63. The van der Waals surface area contributed by atoms with E-state index in [9.17, 15) is 22.8 Å². The number of nitrogens with one attached hydrogen (secondary N) is 1. The van der Waals surface area contributed by atoms with E-state index in [0.717, 1.165) is 12.1 Å². The van der Waals surface area contributed by atoms with Crippen LogP contribution in [0.15, 0.2) is 54.7 Å². The number of pyridine rings is 1. The van der Waals surface area contributed by atoms with E-state index >= 15 is 0 Å². The predicted octanol–water partition coefficient (Wildman–Crippen LogP) is 4.71. The molecule has 0 radical (unpaired) electrons. The van der Waals surface area contributed by atoms with Crippen LogP contribution >= 0.6 is 0 Å². The number of primary amides is 1. The van der Waals surface area contributed by atoms with Crippen molar-refractivity contribution in [1.82, 2.24) is 10.3 Å². The summed E-state index contributed by atoms with van der Waals surface area (Å²) in [5.74, 6) is -3.30. The molecule has 172 valence electrons. The first-order valence-electron chi connectivity index (χ1n) is 10.4. The molecule has 2 aromatic carbocycles. The fraction of sp³-hybridized carbons (Fsp3) is 0.240. The average molecular weight is 455 g/mol. The van der Waals surface area contributed by atoms with Crippen LogP contribution < -0.4 is 11.1 Å². The SMILES string of the molecule is CC(C)CC(=O)NC(Cc1cc(F)cc(F)c1)c1ncccc1-c1ccc(F)c(C(N)=O)c1. The second kappa shape index (κ2) is 10.3. The van der Waals surface area contributed by atoms with Gasteiger partial charge in [-0.25, -0.2) is 13.2 Å². The number of nitrogens with two attached hydrogens (primary N) is 1. The van der Waals surface area contributed by atoms with Crippen LogP contribution in [0.5, 0.6) is 0 Å². The van der Waals surface area contributed by atoms with E-state index in [4.69, 9.17) is 5.73 Å². The molecular weight excluding hydrogens is 431 g/mol. The molecule has 1 heterocycles. The maximum Gasteiger partial charge on any atom is 0.251 e. The molecule has 8 heteroatoms. The smallest absolute Gasteiger partial charge is 0.251 e. The summed E-state index contributed by atoms with van der Waals surface area (Å²) in [6, 6.07) is 9.68. The fourth-order valence-electron chi connectivity index (χ4n) is 3.63. The zero-order valence-corrected chi connectivity index (χ0v) is 18.2. The quantitative estimate of drug-likeness (QED) is 0.516. The van der Waals surface area contributed by atoms with Crippen LogP contribution in [0, 0.1) is 23.4 Å². The highest BCUT2D eigenvalue weighted by atomic mass is 19.1. The number of hydrogen-bond donors (Lipinski definition) is 2. The minimum atomic E-state index is -0.920. The van der Waals surface area contributed by atoms with Gasteiger partial charge in [-0.2, -0.15) is 0 Å². The van der Waals surface area contributed by atoms with Crippen molar-refractivity contribution in [2.75, 3.05) is 0 Å². The zero-order chi connectivity index (χ0) is 24.1.